The van der Waals surface area contributed by atoms with Crippen LogP contribution >= 0.6 is 0 Å². The number of hydrogen-bond acceptors (Lipinski definition) is 8. The average molecular weight is 714 g/mol. The van der Waals surface area contributed by atoms with Crippen molar-refractivity contribution >= 4 is 6.09 Å². The van der Waals surface area contributed by atoms with Gasteiger partial charge in [0.25, 0.3) is 0 Å². The molecule has 9 heteroatoms. The molecule has 2 spiro atoms. The van der Waals surface area contributed by atoms with Crippen molar-refractivity contribution in [1.29, 1.82) is 0 Å². The minimum atomic E-state index is -0.524. The van der Waals surface area contributed by atoms with Crippen molar-refractivity contribution in [3.8, 4) is 0 Å². The highest BCUT2D eigenvalue weighted by Gasteiger charge is 2.84. The number of hydrogen-bond donors (Lipinski definition) is 2. The monoisotopic (exact) mass is 714 g/mol. The topological polar surface area (TPSA) is 92.7 Å². The molecule has 3 heterocycles. The summed E-state index contributed by atoms with van der Waals surface area (Å²) in [6.45, 7) is 26.2. The van der Waals surface area contributed by atoms with Gasteiger partial charge < -0.3 is 29.4 Å². The standard InChI is InChI=1S/C42H71N3O6/c1-24(2)34(51-37(47)43-10)28-19-26(5)33-35(49-28)36(46)40(9)30-12-11-29-38(6,7)31(13-14-41(29)23-42(30,41)16-15-39(33,40)8)50-32-22-44(17-18-48-32)27-20-45(21-27)25(3)4/h24-36,46H,11-23H2,1-10H3,(H,43,47)/t26-,28-,29+,30+,31?,32+,33+,34-,35+,36+,39-,40-,41-,42+/m1/s1. The Morgan fingerprint density at radius 2 is 1.67 bits per heavy atom. The number of morpholine rings is 1. The lowest BCUT2D eigenvalue weighted by Crippen LogP contribution is -2.64. The molecular formula is C42H71N3O6. The van der Waals surface area contributed by atoms with Crippen LogP contribution in [-0.4, -0.2) is 110 Å². The molecule has 0 radical (unpaired) electrons. The fraction of sp³-hybridized carbons (Fsp3) is 0.976. The summed E-state index contributed by atoms with van der Waals surface area (Å²) in [5, 5.41) is 15.3. The second-order valence-electron chi connectivity index (χ2n) is 20.5. The molecule has 8 rings (SSSR count). The third-order valence-electron chi connectivity index (χ3n) is 17.8. The molecule has 3 saturated heterocycles. The van der Waals surface area contributed by atoms with Crippen molar-refractivity contribution in [3.63, 3.8) is 0 Å². The van der Waals surface area contributed by atoms with Crippen LogP contribution in [0.2, 0.25) is 0 Å². The Labute approximate surface area is 308 Å². The smallest absolute Gasteiger partial charge is 0.407 e. The predicted molar refractivity (Wildman–Crippen MR) is 197 cm³/mol. The van der Waals surface area contributed by atoms with Gasteiger partial charge in [-0.1, -0.05) is 48.5 Å². The summed E-state index contributed by atoms with van der Waals surface area (Å²) in [7, 11) is 1.61. The summed E-state index contributed by atoms with van der Waals surface area (Å²) in [5.74, 6) is 1.93. The molecule has 0 aromatic heterocycles. The summed E-state index contributed by atoms with van der Waals surface area (Å²) < 4.78 is 26.2. The number of rotatable bonds is 7. The number of aliphatic hydroxyl groups excluding tert-OH is 1. The molecule has 5 aliphatic carbocycles. The zero-order valence-corrected chi connectivity index (χ0v) is 33.6. The largest absolute Gasteiger partial charge is 0.443 e. The third kappa shape index (κ3) is 5.16. The second-order valence-corrected chi connectivity index (χ2v) is 20.5. The van der Waals surface area contributed by atoms with Gasteiger partial charge in [-0.15, -0.1) is 0 Å². The number of carbonyl (C=O) groups is 1. The fourth-order valence-electron chi connectivity index (χ4n) is 15.0. The Balaban J connectivity index is 0.986. The molecule has 14 atom stereocenters. The maximum absolute atomic E-state index is 12.7. The molecule has 3 aliphatic heterocycles. The van der Waals surface area contributed by atoms with Gasteiger partial charge in [0, 0.05) is 50.7 Å². The van der Waals surface area contributed by atoms with Crippen LogP contribution in [0.3, 0.4) is 0 Å². The number of carbonyl (C=O) groups excluding carboxylic acids is 1. The van der Waals surface area contributed by atoms with Crippen molar-refractivity contribution in [2.45, 2.75) is 163 Å². The lowest BCUT2D eigenvalue weighted by atomic mass is 9.41. The molecular weight excluding hydrogens is 642 g/mol. The molecule has 8 fully saturated rings. The highest BCUT2D eigenvalue weighted by Crippen LogP contribution is 2.89. The summed E-state index contributed by atoms with van der Waals surface area (Å²) >= 11 is 0. The van der Waals surface area contributed by atoms with Crippen molar-refractivity contribution in [3.05, 3.63) is 0 Å². The van der Waals surface area contributed by atoms with Gasteiger partial charge >= 0.3 is 6.09 Å². The number of amides is 1. The van der Waals surface area contributed by atoms with Gasteiger partial charge in [-0.05, 0) is 116 Å². The summed E-state index contributed by atoms with van der Waals surface area (Å²) in [5.41, 5.74) is 0.528. The van der Waals surface area contributed by atoms with Crippen molar-refractivity contribution in [1.82, 2.24) is 15.1 Å². The molecule has 9 nitrogen and oxygen atoms in total. The first kappa shape index (κ1) is 37.0. The molecule has 0 bridgehead atoms. The van der Waals surface area contributed by atoms with Gasteiger partial charge in [0.15, 0.2) is 6.29 Å². The van der Waals surface area contributed by atoms with Crippen molar-refractivity contribution in [2.75, 3.05) is 39.8 Å². The van der Waals surface area contributed by atoms with Crippen LogP contribution in [0.4, 0.5) is 4.79 Å². The van der Waals surface area contributed by atoms with E-state index < -0.39 is 12.2 Å². The molecule has 1 amide bonds. The lowest BCUT2D eigenvalue weighted by molar-refractivity contribution is -0.253. The lowest BCUT2D eigenvalue weighted by Gasteiger charge is -2.64. The summed E-state index contributed by atoms with van der Waals surface area (Å²) in [6, 6.07) is 1.25. The van der Waals surface area contributed by atoms with E-state index in [1.807, 2.05) is 0 Å². The van der Waals surface area contributed by atoms with Crippen LogP contribution in [0.25, 0.3) is 0 Å². The van der Waals surface area contributed by atoms with Gasteiger partial charge in [-0.2, -0.15) is 0 Å². The summed E-state index contributed by atoms with van der Waals surface area (Å²) in [4.78, 5) is 17.5. The zero-order valence-electron chi connectivity index (χ0n) is 33.6. The van der Waals surface area contributed by atoms with Crippen LogP contribution in [0, 0.1) is 56.7 Å². The van der Waals surface area contributed by atoms with Gasteiger partial charge in [0.05, 0.1) is 31.0 Å². The molecule has 1 unspecified atom stereocenters. The number of nitrogens with one attached hydrogen (secondary N) is 1. The molecule has 8 aliphatic rings. The number of likely N-dealkylation sites (tertiary alicyclic amines) is 1. The maximum Gasteiger partial charge on any atom is 0.407 e. The van der Waals surface area contributed by atoms with Gasteiger partial charge in [0.1, 0.15) is 6.10 Å². The molecule has 0 aromatic carbocycles. The first-order valence-corrected chi connectivity index (χ1v) is 21.0. The second kappa shape index (κ2) is 12.5. The number of aliphatic hydroxyl groups is 1. The van der Waals surface area contributed by atoms with Crippen LogP contribution < -0.4 is 5.32 Å². The number of fused-ring (bicyclic) bond motifs is 4. The molecule has 5 saturated carbocycles. The van der Waals surface area contributed by atoms with E-state index in [-0.39, 0.29) is 52.9 Å². The van der Waals surface area contributed by atoms with Crippen molar-refractivity contribution < 1.29 is 28.8 Å². The van der Waals surface area contributed by atoms with Crippen LogP contribution in [0.1, 0.15) is 114 Å². The molecule has 290 valence electrons. The molecule has 51 heavy (non-hydrogen) atoms. The highest BCUT2D eigenvalue weighted by atomic mass is 16.7. The average Bonchev–Trinajstić information content (AvgIpc) is 3.68. The number of alkyl carbamates (subject to hydrolysis) is 1. The SMILES string of the molecule is CNC(=O)O[C@H](C(C)C)[C@H]1C[C@@H](C)[C@H]2[C@H](O1)[C@H](O)[C@@]1(C)[C@@H]3CC[C@H]4C(C)(C)C(O[C@H]5CN(C6CN(C(C)C)C6)CCO5)CC[C@@]45C[C@@]35CC[C@]21C. The van der Waals surface area contributed by atoms with Crippen LogP contribution in [-0.2, 0) is 18.9 Å². The number of nitrogens with zero attached hydrogens (tertiary/aromatic N) is 2. The summed E-state index contributed by atoms with van der Waals surface area (Å²) in [6.07, 6.45) is 7.71. The molecule has 2 N–H and O–H groups in total. The Kier molecular flexibility index (Phi) is 9.08. The minimum absolute atomic E-state index is 0.00957. The van der Waals surface area contributed by atoms with E-state index in [1.54, 1.807) is 7.05 Å². The van der Waals surface area contributed by atoms with Gasteiger partial charge in [-0.3, -0.25) is 9.80 Å². The van der Waals surface area contributed by atoms with Gasteiger partial charge in [0.2, 0.25) is 0 Å². The predicted octanol–water partition coefficient (Wildman–Crippen LogP) is 6.32. The first-order chi connectivity index (χ1) is 24.0. The van der Waals surface area contributed by atoms with E-state index in [9.17, 15) is 9.90 Å². The van der Waals surface area contributed by atoms with E-state index in [0.717, 1.165) is 52.0 Å². The van der Waals surface area contributed by atoms with E-state index in [4.69, 9.17) is 18.9 Å². The van der Waals surface area contributed by atoms with E-state index in [1.165, 1.54) is 32.1 Å². The first-order valence-electron chi connectivity index (χ1n) is 21.0. The Bertz CT molecular complexity index is 1340. The third-order valence-corrected chi connectivity index (χ3v) is 17.8. The van der Waals surface area contributed by atoms with E-state index in [0.29, 0.717) is 46.6 Å². The Morgan fingerprint density at radius 3 is 2.35 bits per heavy atom. The van der Waals surface area contributed by atoms with E-state index in [2.05, 4.69) is 77.4 Å². The van der Waals surface area contributed by atoms with Crippen LogP contribution in [0.15, 0.2) is 0 Å². The molecule has 0 aromatic rings. The minimum Gasteiger partial charge on any atom is -0.443 e. The Hall–Kier alpha value is -0.970. The highest BCUT2D eigenvalue weighted by molar-refractivity contribution is 5.66. The van der Waals surface area contributed by atoms with Crippen molar-refractivity contribution in [2.24, 2.45) is 56.7 Å². The normalized spacial score (nSPS) is 49.9. The maximum atomic E-state index is 12.7. The van der Waals surface area contributed by atoms with E-state index >= 15 is 0 Å². The van der Waals surface area contributed by atoms with Crippen LogP contribution in [0.5, 0.6) is 0 Å². The zero-order chi connectivity index (χ0) is 36.5. The van der Waals surface area contributed by atoms with Gasteiger partial charge in [-0.25, -0.2) is 4.79 Å². The quantitative estimate of drug-likeness (QED) is 0.317. The Morgan fingerprint density at radius 1 is 0.961 bits per heavy atom. The number of ether oxygens (including phenoxy) is 4. The fourth-order valence-corrected chi connectivity index (χ4v) is 15.0.